The van der Waals surface area contributed by atoms with Crippen molar-refractivity contribution in [1.82, 2.24) is 15.2 Å². The number of aryl methyl sites for hydroxylation is 1. The number of carbonyl (C=O) groups excluding carboxylic acids is 1. The maximum atomic E-state index is 12.5. The molecule has 0 unspecified atom stereocenters. The molecule has 1 aliphatic rings. The monoisotopic (exact) mass is 349 g/mol. The number of nitrogens with one attached hydrogen (secondary N) is 2. The minimum absolute atomic E-state index is 0.219. The number of anilines is 1. The summed E-state index contributed by atoms with van der Waals surface area (Å²) in [5, 5.41) is 15.6. The first-order chi connectivity index (χ1) is 12.6. The predicted octanol–water partition coefficient (Wildman–Crippen LogP) is 2.23. The molecule has 1 saturated heterocycles. The van der Waals surface area contributed by atoms with E-state index in [0.717, 1.165) is 49.5 Å². The number of rotatable bonds is 4. The quantitative estimate of drug-likeness (QED) is 0.885. The van der Waals surface area contributed by atoms with Crippen molar-refractivity contribution in [3.05, 3.63) is 58.4 Å². The molecule has 1 fully saturated rings. The Morgan fingerprint density at radius 1 is 1.31 bits per heavy atom. The molecule has 0 radical (unpaired) electrons. The number of hydrogen-bond acceptors (Lipinski definition) is 5. The first-order valence-corrected chi connectivity index (χ1v) is 8.77. The fraction of sp³-hybridized carbons (Fsp3) is 0.350. The van der Waals surface area contributed by atoms with Gasteiger partial charge in [-0.15, -0.1) is 0 Å². The maximum Gasteiger partial charge on any atom is 0.257 e. The summed E-state index contributed by atoms with van der Waals surface area (Å²) < 4.78 is 0. The minimum Gasteiger partial charge on any atom is -0.322 e. The molecule has 1 aliphatic heterocycles. The van der Waals surface area contributed by atoms with Gasteiger partial charge in [0, 0.05) is 50.3 Å². The van der Waals surface area contributed by atoms with Crippen LogP contribution in [-0.4, -0.2) is 42.0 Å². The lowest BCUT2D eigenvalue weighted by atomic mass is 10.0. The topological polar surface area (TPSA) is 81.0 Å². The third-order valence-electron chi connectivity index (χ3n) is 4.67. The van der Waals surface area contributed by atoms with Crippen LogP contribution >= 0.6 is 0 Å². The van der Waals surface area contributed by atoms with E-state index in [4.69, 9.17) is 0 Å². The fourth-order valence-corrected chi connectivity index (χ4v) is 3.04. The van der Waals surface area contributed by atoms with Gasteiger partial charge in [-0.25, -0.2) is 0 Å². The van der Waals surface area contributed by atoms with Crippen molar-refractivity contribution < 1.29 is 4.79 Å². The number of benzene rings is 1. The highest BCUT2D eigenvalue weighted by Gasteiger charge is 2.15. The van der Waals surface area contributed by atoms with Crippen molar-refractivity contribution in [3.63, 3.8) is 0 Å². The van der Waals surface area contributed by atoms with Crippen LogP contribution in [0.1, 0.15) is 32.7 Å². The standard InChI is InChI=1S/C20H23N5O/c1-14-3-4-17(12-23-14)20(26)24-19-10-16(11-21)9-18(15(19)2)13-25-7-5-22-6-8-25/h3-4,9-10,12,22H,5-8,13H2,1-2H3,(H,24,26). The summed E-state index contributed by atoms with van der Waals surface area (Å²) in [6, 6.07) is 9.41. The van der Waals surface area contributed by atoms with E-state index in [1.807, 2.05) is 26.0 Å². The normalized spacial score (nSPS) is 14.7. The third kappa shape index (κ3) is 4.26. The lowest BCUT2D eigenvalue weighted by Crippen LogP contribution is -2.43. The van der Waals surface area contributed by atoms with Gasteiger partial charge in [-0.1, -0.05) is 0 Å². The van der Waals surface area contributed by atoms with Crippen molar-refractivity contribution in [2.45, 2.75) is 20.4 Å². The number of piperazine rings is 1. The average Bonchev–Trinajstić information content (AvgIpc) is 2.66. The number of pyridine rings is 1. The Hall–Kier alpha value is -2.75. The smallest absolute Gasteiger partial charge is 0.257 e. The molecule has 0 aliphatic carbocycles. The Kier molecular flexibility index (Phi) is 5.61. The molecule has 6 heteroatoms. The highest BCUT2D eigenvalue weighted by molar-refractivity contribution is 6.04. The summed E-state index contributed by atoms with van der Waals surface area (Å²) in [7, 11) is 0. The Labute approximate surface area is 153 Å². The molecule has 1 amide bonds. The molecule has 3 rings (SSSR count). The summed E-state index contributed by atoms with van der Waals surface area (Å²) in [4.78, 5) is 19.0. The zero-order valence-electron chi connectivity index (χ0n) is 15.2. The van der Waals surface area contributed by atoms with Crippen LogP contribution < -0.4 is 10.6 Å². The SMILES string of the molecule is Cc1ccc(C(=O)Nc2cc(C#N)cc(CN3CCNCC3)c2C)cn1. The third-order valence-corrected chi connectivity index (χ3v) is 4.67. The van der Waals surface area contributed by atoms with Gasteiger partial charge in [-0.05, 0) is 49.2 Å². The number of nitrogens with zero attached hydrogens (tertiary/aromatic N) is 3. The number of hydrogen-bond donors (Lipinski definition) is 2. The van der Waals surface area contributed by atoms with Gasteiger partial charge in [-0.3, -0.25) is 14.7 Å². The number of carbonyl (C=O) groups is 1. The van der Waals surface area contributed by atoms with E-state index in [2.05, 4.69) is 26.6 Å². The maximum absolute atomic E-state index is 12.5. The summed E-state index contributed by atoms with van der Waals surface area (Å²) in [5.41, 5.74) is 4.67. The van der Waals surface area contributed by atoms with E-state index >= 15 is 0 Å². The first-order valence-electron chi connectivity index (χ1n) is 8.77. The van der Waals surface area contributed by atoms with Crippen molar-refractivity contribution in [1.29, 1.82) is 5.26 Å². The molecule has 6 nitrogen and oxygen atoms in total. The van der Waals surface area contributed by atoms with Crippen molar-refractivity contribution >= 4 is 11.6 Å². The van der Waals surface area contributed by atoms with Crippen LogP contribution in [0.3, 0.4) is 0 Å². The van der Waals surface area contributed by atoms with Gasteiger partial charge in [0.05, 0.1) is 17.2 Å². The van der Waals surface area contributed by atoms with Crippen LogP contribution in [0.15, 0.2) is 30.5 Å². The summed E-state index contributed by atoms with van der Waals surface area (Å²) >= 11 is 0. The molecule has 2 heterocycles. The molecule has 0 bridgehead atoms. The zero-order valence-corrected chi connectivity index (χ0v) is 15.2. The largest absolute Gasteiger partial charge is 0.322 e. The summed E-state index contributed by atoms with van der Waals surface area (Å²) in [6.45, 7) is 8.55. The number of nitriles is 1. The van der Waals surface area contributed by atoms with Gasteiger partial charge >= 0.3 is 0 Å². The van der Waals surface area contributed by atoms with Gasteiger partial charge in [0.15, 0.2) is 0 Å². The fourth-order valence-electron chi connectivity index (χ4n) is 3.04. The van der Waals surface area contributed by atoms with E-state index in [9.17, 15) is 10.1 Å². The summed E-state index contributed by atoms with van der Waals surface area (Å²) in [5.74, 6) is -0.219. The van der Waals surface area contributed by atoms with Gasteiger partial charge in [0.25, 0.3) is 5.91 Å². The minimum atomic E-state index is -0.219. The first kappa shape index (κ1) is 18.1. The predicted molar refractivity (Wildman–Crippen MR) is 101 cm³/mol. The molecular formula is C20H23N5O. The van der Waals surface area contributed by atoms with Crippen molar-refractivity contribution in [2.75, 3.05) is 31.5 Å². The average molecular weight is 349 g/mol. The number of amides is 1. The van der Waals surface area contributed by atoms with E-state index in [-0.39, 0.29) is 5.91 Å². The second-order valence-electron chi connectivity index (χ2n) is 6.59. The Morgan fingerprint density at radius 2 is 2.08 bits per heavy atom. The van der Waals surface area contributed by atoms with E-state index < -0.39 is 0 Å². The molecule has 1 aromatic carbocycles. The van der Waals surface area contributed by atoms with Gasteiger partial charge in [-0.2, -0.15) is 5.26 Å². The molecule has 26 heavy (non-hydrogen) atoms. The Balaban J connectivity index is 1.83. The van der Waals surface area contributed by atoms with E-state index in [0.29, 0.717) is 16.8 Å². The van der Waals surface area contributed by atoms with Gasteiger partial charge in [0.2, 0.25) is 0 Å². The second kappa shape index (κ2) is 8.09. The van der Waals surface area contributed by atoms with Gasteiger partial charge < -0.3 is 10.6 Å². The molecule has 0 spiro atoms. The number of aromatic nitrogens is 1. The summed E-state index contributed by atoms with van der Waals surface area (Å²) in [6.07, 6.45) is 1.57. The van der Waals surface area contributed by atoms with Crippen LogP contribution in [0.25, 0.3) is 0 Å². The van der Waals surface area contributed by atoms with Crippen LogP contribution in [0.5, 0.6) is 0 Å². The molecular weight excluding hydrogens is 326 g/mol. The van der Waals surface area contributed by atoms with Crippen LogP contribution in [0.2, 0.25) is 0 Å². The second-order valence-corrected chi connectivity index (χ2v) is 6.59. The Bertz CT molecular complexity index is 833. The molecule has 2 N–H and O–H groups in total. The van der Waals surface area contributed by atoms with Gasteiger partial charge in [0.1, 0.15) is 0 Å². The molecule has 2 aromatic rings. The van der Waals surface area contributed by atoms with E-state index in [1.54, 1.807) is 18.3 Å². The molecule has 0 atom stereocenters. The van der Waals surface area contributed by atoms with Crippen LogP contribution in [0, 0.1) is 25.2 Å². The van der Waals surface area contributed by atoms with Crippen LogP contribution in [0.4, 0.5) is 5.69 Å². The highest BCUT2D eigenvalue weighted by Crippen LogP contribution is 2.24. The molecule has 134 valence electrons. The zero-order chi connectivity index (χ0) is 18.5. The van der Waals surface area contributed by atoms with Crippen LogP contribution in [-0.2, 0) is 6.54 Å². The molecule has 0 saturated carbocycles. The van der Waals surface area contributed by atoms with E-state index in [1.165, 1.54) is 0 Å². The molecule has 1 aromatic heterocycles. The lowest BCUT2D eigenvalue weighted by molar-refractivity contribution is 0.102. The lowest BCUT2D eigenvalue weighted by Gasteiger charge is -2.28. The Morgan fingerprint density at radius 3 is 2.73 bits per heavy atom. The van der Waals surface area contributed by atoms with Crippen molar-refractivity contribution in [3.8, 4) is 6.07 Å². The van der Waals surface area contributed by atoms with Crippen molar-refractivity contribution in [2.24, 2.45) is 0 Å². The highest BCUT2D eigenvalue weighted by atomic mass is 16.1.